The van der Waals surface area contributed by atoms with Crippen molar-refractivity contribution in [2.24, 2.45) is 5.73 Å². The fourth-order valence-electron chi connectivity index (χ4n) is 2.30. The normalized spacial score (nSPS) is 25.1. The monoisotopic (exact) mass is 336 g/mol. The number of nitrogens with zero attached hydrogens (tertiary/aromatic N) is 1. The summed E-state index contributed by atoms with van der Waals surface area (Å²) in [6.45, 7) is 3.10. The zero-order chi connectivity index (χ0) is 12.6. The SMILES string of the molecule is CC1CC(N)CCN1c1ccc(Br)c(Cl)c1Cl. The first-order valence-electron chi connectivity index (χ1n) is 5.66. The van der Waals surface area contributed by atoms with Crippen LogP contribution in [0.25, 0.3) is 0 Å². The molecule has 2 nitrogen and oxygen atoms in total. The van der Waals surface area contributed by atoms with Crippen molar-refractivity contribution in [1.82, 2.24) is 0 Å². The van der Waals surface area contributed by atoms with Crippen molar-refractivity contribution in [2.45, 2.75) is 31.8 Å². The molecule has 1 aromatic rings. The van der Waals surface area contributed by atoms with Crippen LogP contribution in [0.2, 0.25) is 10.0 Å². The van der Waals surface area contributed by atoms with Crippen LogP contribution in [0.4, 0.5) is 5.69 Å². The summed E-state index contributed by atoms with van der Waals surface area (Å²) >= 11 is 15.8. The maximum atomic E-state index is 6.30. The summed E-state index contributed by atoms with van der Waals surface area (Å²) in [4.78, 5) is 2.28. The standard InChI is InChI=1S/C12H15BrCl2N2/c1-7-6-8(16)4-5-17(7)10-3-2-9(13)11(14)12(10)15/h2-3,7-8H,4-6,16H2,1H3. The average molecular weight is 338 g/mol. The molecule has 1 aromatic carbocycles. The summed E-state index contributed by atoms with van der Waals surface area (Å²) in [6, 6.07) is 4.63. The first kappa shape index (κ1) is 13.5. The second-order valence-corrected chi connectivity index (χ2v) is 6.13. The molecule has 1 heterocycles. The lowest BCUT2D eigenvalue weighted by Gasteiger charge is -2.38. The summed E-state index contributed by atoms with van der Waals surface area (Å²) in [5.74, 6) is 0. The molecule has 0 amide bonds. The number of halogens is 3. The number of hydrogen-bond donors (Lipinski definition) is 1. The van der Waals surface area contributed by atoms with E-state index < -0.39 is 0 Å². The van der Waals surface area contributed by atoms with Gasteiger partial charge in [-0.15, -0.1) is 0 Å². The fraction of sp³-hybridized carbons (Fsp3) is 0.500. The number of anilines is 1. The van der Waals surface area contributed by atoms with Gasteiger partial charge in [0.2, 0.25) is 0 Å². The van der Waals surface area contributed by atoms with Gasteiger partial charge in [-0.2, -0.15) is 0 Å². The van der Waals surface area contributed by atoms with Crippen LogP contribution in [-0.4, -0.2) is 18.6 Å². The van der Waals surface area contributed by atoms with E-state index in [-0.39, 0.29) is 0 Å². The van der Waals surface area contributed by atoms with E-state index in [0.717, 1.165) is 29.5 Å². The second kappa shape index (κ2) is 5.35. The smallest absolute Gasteiger partial charge is 0.0837 e. The van der Waals surface area contributed by atoms with Gasteiger partial charge in [-0.05, 0) is 47.8 Å². The van der Waals surface area contributed by atoms with Crippen molar-refractivity contribution in [1.29, 1.82) is 0 Å². The lowest BCUT2D eigenvalue weighted by Crippen LogP contribution is -2.45. The summed E-state index contributed by atoms with van der Waals surface area (Å²) in [5, 5.41) is 1.19. The average Bonchev–Trinajstić information content (AvgIpc) is 2.28. The van der Waals surface area contributed by atoms with Crippen LogP contribution < -0.4 is 10.6 Å². The molecular formula is C12H15BrCl2N2. The molecule has 1 aliphatic heterocycles. The zero-order valence-electron chi connectivity index (χ0n) is 9.59. The van der Waals surface area contributed by atoms with Crippen LogP contribution in [-0.2, 0) is 0 Å². The molecule has 2 rings (SSSR count). The molecular weight excluding hydrogens is 323 g/mol. The van der Waals surface area contributed by atoms with Crippen molar-refractivity contribution in [3.8, 4) is 0 Å². The maximum absolute atomic E-state index is 6.30. The van der Waals surface area contributed by atoms with Crippen molar-refractivity contribution in [3.05, 3.63) is 26.7 Å². The Labute approximate surface area is 120 Å². The molecule has 2 unspecified atom stereocenters. The van der Waals surface area contributed by atoms with E-state index in [9.17, 15) is 0 Å². The quantitative estimate of drug-likeness (QED) is 0.782. The predicted molar refractivity (Wildman–Crippen MR) is 78.2 cm³/mol. The highest BCUT2D eigenvalue weighted by Gasteiger charge is 2.25. The molecule has 2 atom stereocenters. The molecule has 0 aliphatic carbocycles. The first-order chi connectivity index (χ1) is 8.00. The number of benzene rings is 1. The van der Waals surface area contributed by atoms with Crippen LogP contribution in [0, 0.1) is 0 Å². The first-order valence-corrected chi connectivity index (χ1v) is 7.21. The van der Waals surface area contributed by atoms with E-state index in [1.807, 2.05) is 12.1 Å². The minimum atomic E-state index is 0.297. The van der Waals surface area contributed by atoms with Gasteiger partial charge in [0.05, 0.1) is 15.7 Å². The van der Waals surface area contributed by atoms with Gasteiger partial charge in [0.15, 0.2) is 0 Å². The highest BCUT2D eigenvalue weighted by atomic mass is 79.9. The van der Waals surface area contributed by atoms with Gasteiger partial charge in [0.25, 0.3) is 0 Å². The van der Waals surface area contributed by atoms with Gasteiger partial charge in [0.1, 0.15) is 0 Å². The summed E-state index contributed by atoms with van der Waals surface area (Å²) in [7, 11) is 0. The maximum Gasteiger partial charge on any atom is 0.0837 e. The highest BCUT2D eigenvalue weighted by molar-refractivity contribution is 9.10. The number of piperidine rings is 1. The van der Waals surface area contributed by atoms with Gasteiger partial charge in [0, 0.05) is 23.1 Å². The summed E-state index contributed by atoms with van der Waals surface area (Å²) in [6.07, 6.45) is 1.98. The zero-order valence-corrected chi connectivity index (χ0v) is 12.7. The van der Waals surface area contributed by atoms with Gasteiger partial charge in [-0.1, -0.05) is 23.2 Å². The molecule has 94 valence electrons. The summed E-state index contributed by atoms with van der Waals surface area (Å²) < 4.78 is 0.828. The molecule has 0 saturated carbocycles. The Bertz CT molecular complexity index is 425. The van der Waals surface area contributed by atoms with E-state index in [1.54, 1.807) is 0 Å². The van der Waals surface area contributed by atoms with E-state index in [4.69, 9.17) is 28.9 Å². The second-order valence-electron chi connectivity index (χ2n) is 4.52. The third-order valence-corrected chi connectivity index (χ3v) is 5.00. The van der Waals surface area contributed by atoms with Crippen molar-refractivity contribution in [3.63, 3.8) is 0 Å². The predicted octanol–water partition coefficient (Wildman–Crippen LogP) is 4.07. The minimum absolute atomic E-state index is 0.297. The largest absolute Gasteiger partial charge is 0.367 e. The van der Waals surface area contributed by atoms with Crippen LogP contribution in [0.5, 0.6) is 0 Å². The van der Waals surface area contributed by atoms with Gasteiger partial charge < -0.3 is 10.6 Å². The Morgan fingerprint density at radius 1 is 1.35 bits per heavy atom. The van der Waals surface area contributed by atoms with Gasteiger partial charge in [-0.25, -0.2) is 0 Å². The van der Waals surface area contributed by atoms with E-state index in [2.05, 4.69) is 27.8 Å². The molecule has 17 heavy (non-hydrogen) atoms. The van der Waals surface area contributed by atoms with Gasteiger partial charge in [-0.3, -0.25) is 0 Å². The lowest BCUT2D eigenvalue weighted by molar-refractivity contribution is 0.430. The Balaban J connectivity index is 2.31. The van der Waals surface area contributed by atoms with E-state index in [1.165, 1.54) is 0 Å². The molecule has 0 spiro atoms. The minimum Gasteiger partial charge on any atom is -0.367 e. The topological polar surface area (TPSA) is 29.3 Å². The highest BCUT2D eigenvalue weighted by Crippen LogP contribution is 2.39. The van der Waals surface area contributed by atoms with E-state index >= 15 is 0 Å². The molecule has 0 radical (unpaired) electrons. The van der Waals surface area contributed by atoms with Crippen molar-refractivity contribution < 1.29 is 0 Å². The lowest BCUT2D eigenvalue weighted by atomic mass is 9.98. The Kier molecular flexibility index (Phi) is 4.24. The van der Waals surface area contributed by atoms with Crippen LogP contribution in [0.15, 0.2) is 16.6 Å². The molecule has 2 N–H and O–H groups in total. The molecule has 1 saturated heterocycles. The van der Waals surface area contributed by atoms with Crippen LogP contribution in [0.3, 0.4) is 0 Å². The fourth-order valence-corrected chi connectivity index (χ4v) is 3.18. The third kappa shape index (κ3) is 2.73. The molecule has 0 aromatic heterocycles. The number of nitrogens with two attached hydrogens (primary N) is 1. The van der Waals surface area contributed by atoms with E-state index in [0.29, 0.717) is 22.1 Å². The van der Waals surface area contributed by atoms with Crippen LogP contribution >= 0.6 is 39.1 Å². The third-order valence-electron chi connectivity index (χ3n) is 3.24. The number of hydrogen-bond acceptors (Lipinski definition) is 2. The van der Waals surface area contributed by atoms with Crippen molar-refractivity contribution in [2.75, 3.05) is 11.4 Å². The summed E-state index contributed by atoms with van der Waals surface area (Å²) in [5.41, 5.74) is 6.96. The number of rotatable bonds is 1. The Morgan fingerprint density at radius 2 is 2.06 bits per heavy atom. The molecule has 5 heteroatoms. The van der Waals surface area contributed by atoms with Crippen LogP contribution in [0.1, 0.15) is 19.8 Å². The molecule has 1 aliphatic rings. The molecule has 1 fully saturated rings. The molecule has 0 bridgehead atoms. The Morgan fingerprint density at radius 3 is 2.71 bits per heavy atom. The Hall–Kier alpha value is 0.0400. The van der Waals surface area contributed by atoms with Gasteiger partial charge >= 0.3 is 0 Å². The van der Waals surface area contributed by atoms with Crippen molar-refractivity contribution >= 4 is 44.8 Å².